The number of hydrogen-bond acceptors (Lipinski definition) is 3. The second kappa shape index (κ2) is 6.38. The average molecular weight is 263 g/mol. The third-order valence-electron chi connectivity index (χ3n) is 2.20. The Labute approximate surface area is 106 Å². The zero-order chi connectivity index (χ0) is 12.1. The molecule has 0 saturated carbocycles. The Morgan fingerprint density at radius 1 is 1.19 bits per heavy atom. The van der Waals surface area contributed by atoms with Gasteiger partial charge in [0.1, 0.15) is 16.4 Å². The van der Waals surface area contributed by atoms with Crippen LogP contribution in [-0.2, 0) is 11.2 Å². The van der Waals surface area contributed by atoms with Gasteiger partial charge in [-0.2, -0.15) is 0 Å². The summed E-state index contributed by atoms with van der Waals surface area (Å²) in [5.41, 5.74) is 0.818. The summed E-state index contributed by atoms with van der Waals surface area (Å²) >= 11 is 12.1. The highest BCUT2D eigenvalue weighted by Crippen LogP contribution is 2.25. The first-order valence-corrected chi connectivity index (χ1v) is 6.19. The van der Waals surface area contributed by atoms with Crippen LogP contribution >= 0.6 is 23.2 Å². The zero-order valence-corrected chi connectivity index (χ0v) is 11.3. The summed E-state index contributed by atoms with van der Waals surface area (Å²) in [7, 11) is 0. The van der Waals surface area contributed by atoms with Crippen LogP contribution in [0.25, 0.3) is 0 Å². The van der Waals surface area contributed by atoms with Crippen LogP contribution in [0.4, 0.5) is 0 Å². The molecule has 0 aromatic carbocycles. The Kier molecular flexibility index (Phi) is 5.46. The first-order valence-electron chi connectivity index (χ1n) is 5.43. The highest BCUT2D eigenvalue weighted by atomic mass is 35.5. The van der Waals surface area contributed by atoms with Crippen molar-refractivity contribution in [2.75, 3.05) is 6.61 Å². The molecule has 1 rings (SSSR count). The molecule has 1 aromatic heterocycles. The molecular formula is C11H16Cl2N2O. The van der Waals surface area contributed by atoms with Gasteiger partial charge in [0.05, 0.1) is 0 Å². The van der Waals surface area contributed by atoms with Gasteiger partial charge in [-0.05, 0) is 20.3 Å². The lowest BCUT2D eigenvalue weighted by Gasteiger charge is -2.12. The lowest BCUT2D eigenvalue weighted by molar-refractivity contribution is 0.0700. The standard InChI is InChI=1S/C11H16Cl2N2O/c1-4-6-8-9(12)14-11(15-10(8)13)7(3)16-5-2/h7H,4-6H2,1-3H3. The maximum atomic E-state index is 6.07. The van der Waals surface area contributed by atoms with Gasteiger partial charge in [0.25, 0.3) is 0 Å². The topological polar surface area (TPSA) is 35.0 Å². The van der Waals surface area contributed by atoms with Crippen molar-refractivity contribution in [3.05, 3.63) is 21.7 Å². The van der Waals surface area contributed by atoms with E-state index in [9.17, 15) is 0 Å². The molecule has 1 unspecified atom stereocenters. The van der Waals surface area contributed by atoms with Gasteiger partial charge < -0.3 is 4.74 Å². The summed E-state index contributed by atoms with van der Waals surface area (Å²) in [6.45, 7) is 6.47. The second-order valence-electron chi connectivity index (χ2n) is 3.49. The molecule has 0 aliphatic rings. The fraction of sp³-hybridized carbons (Fsp3) is 0.636. The highest BCUT2D eigenvalue weighted by molar-refractivity contribution is 6.34. The van der Waals surface area contributed by atoms with Gasteiger partial charge in [0, 0.05) is 12.2 Å². The lowest BCUT2D eigenvalue weighted by atomic mass is 10.2. The summed E-state index contributed by atoms with van der Waals surface area (Å²) in [5, 5.41) is 0.867. The van der Waals surface area contributed by atoms with E-state index < -0.39 is 0 Å². The lowest BCUT2D eigenvalue weighted by Crippen LogP contribution is -2.07. The molecular weight excluding hydrogens is 247 g/mol. The van der Waals surface area contributed by atoms with Crippen molar-refractivity contribution in [1.82, 2.24) is 9.97 Å². The van der Waals surface area contributed by atoms with Gasteiger partial charge in [-0.3, -0.25) is 0 Å². The van der Waals surface area contributed by atoms with E-state index in [-0.39, 0.29) is 6.10 Å². The smallest absolute Gasteiger partial charge is 0.160 e. The Balaban J connectivity index is 2.99. The number of halogens is 2. The van der Waals surface area contributed by atoms with Crippen molar-refractivity contribution in [1.29, 1.82) is 0 Å². The molecule has 0 N–H and O–H groups in total. The molecule has 90 valence electrons. The Bertz CT molecular complexity index is 335. The molecule has 0 aliphatic heterocycles. The summed E-state index contributed by atoms with van der Waals surface area (Å²) in [4.78, 5) is 8.43. The predicted molar refractivity (Wildman–Crippen MR) is 66.1 cm³/mol. The van der Waals surface area contributed by atoms with E-state index >= 15 is 0 Å². The number of aromatic nitrogens is 2. The Morgan fingerprint density at radius 3 is 2.19 bits per heavy atom. The molecule has 1 heterocycles. The fourth-order valence-corrected chi connectivity index (χ4v) is 2.00. The summed E-state index contributed by atoms with van der Waals surface area (Å²) in [6.07, 6.45) is 1.57. The number of rotatable bonds is 5. The van der Waals surface area contributed by atoms with Crippen LogP contribution < -0.4 is 0 Å². The van der Waals surface area contributed by atoms with Gasteiger partial charge in [-0.15, -0.1) is 0 Å². The normalized spacial score (nSPS) is 12.8. The molecule has 16 heavy (non-hydrogen) atoms. The molecule has 0 bridgehead atoms. The average Bonchev–Trinajstić information content (AvgIpc) is 2.23. The first-order chi connectivity index (χ1) is 7.60. The van der Waals surface area contributed by atoms with E-state index in [0.29, 0.717) is 22.7 Å². The van der Waals surface area contributed by atoms with Gasteiger partial charge in [-0.1, -0.05) is 36.5 Å². The molecule has 3 nitrogen and oxygen atoms in total. The Morgan fingerprint density at radius 2 is 1.75 bits per heavy atom. The zero-order valence-electron chi connectivity index (χ0n) is 9.76. The second-order valence-corrected chi connectivity index (χ2v) is 4.21. The minimum Gasteiger partial charge on any atom is -0.371 e. The van der Waals surface area contributed by atoms with Crippen molar-refractivity contribution in [2.45, 2.75) is 39.7 Å². The van der Waals surface area contributed by atoms with Gasteiger partial charge >= 0.3 is 0 Å². The molecule has 1 aromatic rings. The third-order valence-corrected chi connectivity index (χ3v) is 2.83. The molecule has 1 atom stereocenters. The van der Waals surface area contributed by atoms with Crippen molar-refractivity contribution < 1.29 is 4.74 Å². The molecule has 0 saturated heterocycles. The van der Waals surface area contributed by atoms with Gasteiger partial charge in [0.15, 0.2) is 5.82 Å². The third kappa shape index (κ3) is 3.30. The van der Waals surface area contributed by atoms with Crippen LogP contribution in [0.2, 0.25) is 10.3 Å². The maximum absolute atomic E-state index is 6.07. The minimum absolute atomic E-state index is 0.185. The summed E-state index contributed by atoms with van der Waals surface area (Å²) in [6, 6.07) is 0. The van der Waals surface area contributed by atoms with Crippen LogP contribution in [0.3, 0.4) is 0 Å². The van der Waals surface area contributed by atoms with E-state index in [2.05, 4.69) is 16.9 Å². The van der Waals surface area contributed by atoms with Crippen molar-refractivity contribution in [2.24, 2.45) is 0 Å². The van der Waals surface area contributed by atoms with Crippen LogP contribution in [0.1, 0.15) is 44.7 Å². The molecule has 0 amide bonds. The van der Waals surface area contributed by atoms with E-state index in [4.69, 9.17) is 27.9 Å². The Hall–Kier alpha value is -0.380. The number of ether oxygens (including phenoxy) is 1. The van der Waals surface area contributed by atoms with Crippen LogP contribution in [0.15, 0.2) is 0 Å². The minimum atomic E-state index is -0.185. The number of nitrogens with zero attached hydrogens (tertiary/aromatic N) is 2. The van der Waals surface area contributed by atoms with Crippen LogP contribution in [0, 0.1) is 0 Å². The van der Waals surface area contributed by atoms with Crippen LogP contribution in [0.5, 0.6) is 0 Å². The van der Waals surface area contributed by atoms with Crippen molar-refractivity contribution >= 4 is 23.2 Å². The van der Waals surface area contributed by atoms with Crippen LogP contribution in [-0.4, -0.2) is 16.6 Å². The van der Waals surface area contributed by atoms with Crippen molar-refractivity contribution in [3.63, 3.8) is 0 Å². The SMILES string of the molecule is CCCc1c(Cl)nc(C(C)OCC)nc1Cl. The quantitative estimate of drug-likeness (QED) is 0.757. The highest BCUT2D eigenvalue weighted by Gasteiger charge is 2.15. The van der Waals surface area contributed by atoms with Gasteiger partial charge in [-0.25, -0.2) is 9.97 Å². The van der Waals surface area contributed by atoms with Crippen molar-refractivity contribution in [3.8, 4) is 0 Å². The molecule has 5 heteroatoms. The van der Waals surface area contributed by atoms with E-state index in [0.717, 1.165) is 18.4 Å². The predicted octanol–water partition coefficient (Wildman–Crippen LogP) is 3.83. The van der Waals surface area contributed by atoms with E-state index in [1.54, 1.807) is 0 Å². The fourth-order valence-electron chi connectivity index (χ4n) is 1.41. The summed E-state index contributed by atoms with van der Waals surface area (Å²) in [5.74, 6) is 0.539. The molecule has 0 radical (unpaired) electrons. The number of hydrogen-bond donors (Lipinski definition) is 0. The molecule has 0 fully saturated rings. The van der Waals surface area contributed by atoms with E-state index in [1.807, 2.05) is 13.8 Å². The molecule has 0 spiro atoms. The van der Waals surface area contributed by atoms with Gasteiger partial charge in [0.2, 0.25) is 0 Å². The monoisotopic (exact) mass is 262 g/mol. The van der Waals surface area contributed by atoms with E-state index in [1.165, 1.54) is 0 Å². The summed E-state index contributed by atoms with van der Waals surface area (Å²) < 4.78 is 5.40. The largest absolute Gasteiger partial charge is 0.371 e. The molecule has 0 aliphatic carbocycles. The maximum Gasteiger partial charge on any atom is 0.160 e. The first kappa shape index (κ1) is 13.7.